The molecule has 0 radical (unpaired) electrons. The number of nitrogens with two attached hydrogens (primary N) is 1. The van der Waals surface area contributed by atoms with Gasteiger partial charge in [0.25, 0.3) is 0 Å². The van der Waals surface area contributed by atoms with Gasteiger partial charge in [0, 0.05) is 11.4 Å². The van der Waals surface area contributed by atoms with Crippen LogP contribution in [-0.2, 0) is 0 Å². The average Bonchev–Trinajstić information content (AvgIpc) is 2.41. The Bertz CT molecular complexity index is 365. The smallest absolute Gasteiger partial charge is 0.0538 e. The maximum atomic E-state index is 9.47. The van der Waals surface area contributed by atoms with Crippen molar-refractivity contribution in [2.45, 2.75) is 37.2 Å². The van der Waals surface area contributed by atoms with Gasteiger partial charge in [-0.05, 0) is 42.7 Å². The lowest BCUT2D eigenvalue weighted by Gasteiger charge is -2.07. The van der Waals surface area contributed by atoms with Crippen molar-refractivity contribution in [2.75, 3.05) is 12.3 Å². The second kappa shape index (κ2) is 9.20. The first-order valence-electron chi connectivity index (χ1n) is 6.53. The zero-order chi connectivity index (χ0) is 13.2. The molecule has 0 aliphatic carbocycles. The zero-order valence-corrected chi connectivity index (χ0v) is 11.8. The maximum Gasteiger partial charge on any atom is 0.0538 e. The van der Waals surface area contributed by atoms with Gasteiger partial charge in [0.1, 0.15) is 0 Å². The number of hydrogen-bond donors (Lipinski definition) is 2. The number of aliphatic hydroxyl groups is 1. The Balaban J connectivity index is 2.36. The molecule has 3 heteroatoms. The molecule has 0 bridgehead atoms. The van der Waals surface area contributed by atoms with E-state index in [4.69, 9.17) is 5.73 Å². The van der Waals surface area contributed by atoms with E-state index in [2.05, 4.69) is 24.3 Å². The van der Waals surface area contributed by atoms with E-state index < -0.39 is 0 Å². The van der Waals surface area contributed by atoms with Crippen LogP contribution in [0, 0.1) is 0 Å². The third kappa shape index (κ3) is 6.24. The van der Waals surface area contributed by atoms with Gasteiger partial charge in [-0.15, -0.1) is 11.8 Å². The van der Waals surface area contributed by atoms with E-state index in [0.29, 0.717) is 6.54 Å². The summed E-state index contributed by atoms with van der Waals surface area (Å²) in [5, 5.41) is 9.47. The summed E-state index contributed by atoms with van der Waals surface area (Å²) >= 11 is 1.84. The summed E-state index contributed by atoms with van der Waals surface area (Å²) in [6.07, 6.45) is 6.68. The van der Waals surface area contributed by atoms with Crippen LogP contribution in [0.4, 0.5) is 0 Å². The van der Waals surface area contributed by atoms with E-state index >= 15 is 0 Å². The van der Waals surface area contributed by atoms with E-state index in [1.807, 2.05) is 30.8 Å². The van der Waals surface area contributed by atoms with Crippen molar-refractivity contribution in [1.82, 2.24) is 0 Å². The minimum atomic E-state index is -0.135. The molecular formula is C15H23NOS. The molecule has 18 heavy (non-hydrogen) atoms. The summed E-state index contributed by atoms with van der Waals surface area (Å²) < 4.78 is 0. The molecule has 0 spiro atoms. The largest absolute Gasteiger partial charge is 0.393 e. The van der Waals surface area contributed by atoms with Gasteiger partial charge in [-0.2, -0.15) is 0 Å². The molecule has 1 unspecified atom stereocenters. The van der Waals surface area contributed by atoms with Crippen LogP contribution in [0.3, 0.4) is 0 Å². The van der Waals surface area contributed by atoms with Gasteiger partial charge in [0.05, 0.1) is 6.10 Å². The van der Waals surface area contributed by atoms with Crippen LogP contribution >= 0.6 is 11.8 Å². The van der Waals surface area contributed by atoms with E-state index in [1.54, 1.807) is 0 Å². The molecule has 1 rings (SSSR count). The summed E-state index contributed by atoms with van der Waals surface area (Å²) in [6.45, 7) is 2.59. The van der Waals surface area contributed by atoms with Gasteiger partial charge in [-0.1, -0.05) is 31.2 Å². The molecule has 0 fully saturated rings. The molecule has 0 amide bonds. The predicted molar refractivity (Wildman–Crippen MR) is 80.8 cm³/mol. The number of aliphatic hydroxyl groups excluding tert-OH is 1. The van der Waals surface area contributed by atoms with Crippen molar-refractivity contribution < 1.29 is 5.11 Å². The Kier molecular flexibility index (Phi) is 7.81. The van der Waals surface area contributed by atoms with Gasteiger partial charge < -0.3 is 10.8 Å². The first-order valence-corrected chi connectivity index (χ1v) is 7.52. The first kappa shape index (κ1) is 15.3. The zero-order valence-electron chi connectivity index (χ0n) is 11.0. The van der Waals surface area contributed by atoms with Crippen molar-refractivity contribution in [1.29, 1.82) is 0 Å². The van der Waals surface area contributed by atoms with Crippen LogP contribution in [0.1, 0.15) is 31.7 Å². The van der Waals surface area contributed by atoms with Crippen molar-refractivity contribution in [3.8, 4) is 0 Å². The van der Waals surface area contributed by atoms with E-state index in [0.717, 1.165) is 25.0 Å². The molecule has 0 saturated heterocycles. The fourth-order valence-corrected chi connectivity index (χ4v) is 2.57. The highest BCUT2D eigenvalue weighted by Gasteiger charge is 2.00. The summed E-state index contributed by atoms with van der Waals surface area (Å²) in [4.78, 5) is 1.28. The molecule has 2 nitrogen and oxygen atoms in total. The van der Waals surface area contributed by atoms with Gasteiger partial charge >= 0.3 is 0 Å². The fourth-order valence-electron chi connectivity index (χ4n) is 1.63. The van der Waals surface area contributed by atoms with E-state index in [9.17, 15) is 5.11 Å². The standard InChI is InChI=1S/C15H23NOS/c1-2-14(17)8-5-11-18-15-9-3-6-13(12-15)7-4-10-16/h3-4,6-7,9,12,14,17H,2,5,8,10-11,16H2,1H3. The topological polar surface area (TPSA) is 46.2 Å². The van der Waals surface area contributed by atoms with Crippen molar-refractivity contribution >= 4 is 17.8 Å². The molecule has 0 aromatic heterocycles. The minimum Gasteiger partial charge on any atom is -0.393 e. The van der Waals surface area contributed by atoms with Crippen LogP contribution in [0.2, 0.25) is 0 Å². The normalized spacial score (nSPS) is 13.1. The van der Waals surface area contributed by atoms with Crippen LogP contribution < -0.4 is 5.73 Å². The second-order valence-electron chi connectivity index (χ2n) is 4.26. The molecule has 0 aliphatic rings. The molecule has 0 heterocycles. The number of rotatable bonds is 8. The minimum absolute atomic E-state index is 0.135. The third-order valence-corrected chi connectivity index (χ3v) is 3.81. The Hall–Kier alpha value is -0.770. The summed E-state index contributed by atoms with van der Waals surface area (Å²) in [5.41, 5.74) is 6.63. The molecule has 1 atom stereocenters. The molecule has 0 saturated carbocycles. The van der Waals surface area contributed by atoms with Crippen LogP contribution in [0.15, 0.2) is 35.2 Å². The summed E-state index contributed by atoms with van der Waals surface area (Å²) in [6, 6.07) is 8.45. The lowest BCUT2D eigenvalue weighted by Crippen LogP contribution is -2.03. The van der Waals surface area contributed by atoms with Gasteiger partial charge in [-0.3, -0.25) is 0 Å². The van der Waals surface area contributed by atoms with Crippen molar-refractivity contribution in [2.24, 2.45) is 5.73 Å². The van der Waals surface area contributed by atoms with Gasteiger partial charge in [-0.25, -0.2) is 0 Å². The third-order valence-electron chi connectivity index (χ3n) is 2.73. The predicted octanol–water partition coefficient (Wildman–Crippen LogP) is 3.30. The lowest BCUT2D eigenvalue weighted by molar-refractivity contribution is 0.160. The number of hydrogen-bond acceptors (Lipinski definition) is 3. The maximum absolute atomic E-state index is 9.47. The van der Waals surface area contributed by atoms with Crippen molar-refractivity contribution in [3.63, 3.8) is 0 Å². The lowest BCUT2D eigenvalue weighted by atomic mass is 10.2. The van der Waals surface area contributed by atoms with Crippen LogP contribution in [-0.4, -0.2) is 23.5 Å². The molecule has 1 aromatic carbocycles. The fraction of sp³-hybridized carbons (Fsp3) is 0.467. The molecular weight excluding hydrogens is 242 g/mol. The molecule has 1 aromatic rings. The average molecular weight is 265 g/mol. The van der Waals surface area contributed by atoms with Crippen LogP contribution in [0.25, 0.3) is 6.08 Å². The summed E-state index contributed by atoms with van der Waals surface area (Å²) in [5.74, 6) is 1.06. The Morgan fingerprint density at radius 2 is 2.28 bits per heavy atom. The van der Waals surface area contributed by atoms with E-state index in [-0.39, 0.29) is 6.10 Å². The van der Waals surface area contributed by atoms with Crippen LogP contribution in [0.5, 0.6) is 0 Å². The highest BCUT2D eigenvalue weighted by molar-refractivity contribution is 7.99. The van der Waals surface area contributed by atoms with Gasteiger partial charge in [0.15, 0.2) is 0 Å². The van der Waals surface area contributed by atoms with E-state index in [1.165, 1.54) is 10.5 Å². The highest BCUT2D eigenvalue weighted by Crippen LogP contribution is 2.21. The van der Waals surface area contributed by atoms with Gasteiger partial charge in [0.2, 0.25) is 0 Å². The first-order chi connectivity index (χ1) is 8.76. The highest BCUT2D eigenvalue weighted by atomic mass is 32.2. The Morgan fingerprint density at radius 1 is 1.44 bits per heavy atom. The molecule has 100 valence electrons. The van der Waals surface area contributed by atoms with Crippen molar-refractivity contribution in [3.05, 3.63) is 35.9 Å². The molecule has 0 aliphatic heterocycles. The monoisotopic (exact) mass is 265 g/mol. The number of benzene rings is 1. The quantitative estimate of drug-likeness (QED) is 0.560. The Labute approximate surface area is 114 Å². The SMILES string of the molecule is CCC(O)CCCSc1cccc(C=CCN)c1. The molecule has 3 N–H and O–H groups in total. The summed E-state index contributed by atoms with van der Waals surface area (Å²) in [7, 11) is 0. The Morgan fingerprint density at radius 3 is 3.00 bits per heavy atom. The second-order valence-corrected chi connectivity index (χ2v) is 5.43. The number of thioether (sulfide) groups is 1.